The van der Waals surface area contributed by atoms with Crippen molar-refractivity contribution in [1.82, 2.24) is 10.2 Å². The van der Waals surface area contributed by atoms with Gasteiger partial charge in [0.2, 0.25) is 0 Å². The molecule has 0 spiro atoms. The zero-order chi connectivity index (χ0) is 13.2. The molecular weight excluding hydrogens is 220 g/mol. The minimum Gasteiger partial charge on any atom is -0.314 e. The van der Waals surface area contributed by atoms with E-state index >= 15 is 0 Å². The van der Waals surface area contributed by atoms with Gasteiger partial charge in [-0.2, -0.15) is 0 Å². The molecular formula is C16H30N2. The molecule has 0 aliphatic heterocycles. The van der Waals surface area contributed by atoms with Crippen LogP contribution in [-0.4, -0.2) is 37.1 Å². The Hall–Kier alpha value is -0.0800. The number of hydrogen-bond donors (Lipinski definition) is 1. The molecule has 0 aromatic heterocycles. The molecule has 0 aromatic rings. The van der Waals surface area contributed by atoms with Crippen molar-refractivity contribution >= 4 is 0 Å². The fraction of sp³-hybridized carbons (Fsp3) is 1.00. The molecule has 4 aliphatic rings. The van der Waals surface area contributed by atoms with Gasteiger partial charge in [-0.25, -0.2) is 0 Å². The standard InChI is InChI=1S/C16H30N2/c1-14(2,17-3)15-7-12-6-13(8-15)10-16(9-12,11-15)18(4)5/h12-13,17H,6-11H2,1-5H3. The zero-order valence-corrected chi connectivity index (χ0v) is 12.8. The number of rotatable bonds is 3. The first-order valence-electron chi connectivity index (χ1n) is 7.69. The first kappa shape index (κ1) is 12.9. The molecule has 0 heterocycles. The summed E-state index contributed by atoms with van der Waals surface area (Å²) in [4.78, 5) is 2.56. The van der Waals surface area contributed by atoms with E-state index in [1.807, 2.05) is 0 Å². The summed E-state index contributed by atoms with van der Waals surface area (Å²) in [6, 6.07) is 0. The molecule has 2 atom stereocenters. The summed E-state index contributed by atoms with van der Waals surface area (Å²) in [5, 5.41) is 3.64. The van der Waals surface area contributed by atoms with E-state index in [2.05, 4.69) is 45.2 Å². The minimum absolute atomic E-state index is 0.284. The summed E-state index contributed by atoms with van der Waals surface area (Å²) < 4.78 is 0. The molecule has 4 rings (SSSR count). The lowest BCUT2D eigenvalue weighted by molar-refractivity contribution is -0.149. The SMILES string of the molecule is CNC(C)(C)C12CC3CC(CC(N(C)C)(C3)C1)C2. The smallest absolute Gasteiger partial charge is 0.0214 e. The summed E-state index contributed by atoms with van der Waals surface area (Å²) in [6.45, 7) is 4.87. The second-order valence-corrected chi connectivity index (χ2v) is 8.24. The van der Waals surface area contributed by atoms with Crippen molar-refractivity contribution in [1.29, 1.82) is 0 Å². The van der Waals surface area contributed by atoms with E-state index < -0.39 is 0 Å². The molecule has 2 heteroatoms. The van der Waals surface area contributed by atoms with Gasteiger partial charge >= 0.3 is 0 Å². The van der Waals surface area contributed by atoms with Gasteiger partial charge in [-0.15, -0.1) is 0 Å². The van der Waals surface area contributed by atoms with Crippen molar-refractivity contribution in [2.45, 2.75) is 63.5 Å². The third-order valence-electron chi connectivity index (χ3n) is 6.93. The lowest BCUT2D eigenvalue weighted by atomic mass is 9.42. The summed E-state index contributed by atoms with van der Waals surface area (Å²) >= 11 is 0. The molecule has 4 bridgehead atoms. The second-order valence-electron chi connectivity index (χ2n) is 8.24. The van der Waals surface area contributed by atoms with Crippen molar-refractivity contribution < 1.29 is 0 Å². The highest BCUT2D eigenvalue weighted by atomic mass is 15.2. The molecule has 4 fully saturated rings. The summed E-state index contributed by atoms with van der Waals surface area (Å²) in [7, 11) is 6.78. The third kappa shape index (κ3) is 1.54. The Morgan fingerprint density at radius 1 is 1.06 bits per heavy atom. The van der Waals surface area contributed by atoms with E-state index in [0.29, 0.717) is 11.0 Å². The average Bonchev–Trinajstić information content (AvgIpc) is 2.26. The monoisotopic (exact) mass is 250 g/mol. The highest BCUT2D eigenvalue weighted by molar-refractivity contribution is 5.16. The van der Waals surface area contributed by atoms with Crippen LogP contribution in [0.15, 0.2) is 0 Å². The van der Waals surface area contributed by atoms with Crippen LogP contribution >= 0.6 is 0 Å². The highest BCUT2D eigenvalue weighted by Crippen LogP contribution is 2.65. The first-order chi connectivity index (χ1) is 8.32. The van der Waals surface area contributed by atoms with Gasteiger partial charge in [-0.1, -0.05) is 0 Å². The summed E-state index contributed by atoms with van der Waals surface area (Å²) in [5.41, 5.74) is 1.33. The molecule has 4 aliphatic carbocycles. The van der Waals surface area contributed by atoms with E-state index in [0.717, 1.165) is 11.8 Å². The van der Waals surface area contributed by atoms with Crippen LogP contribution in [0.4, 0.5) is 0 Å². The number of hydrogen-bond acceptors (Lipinski definition) is 2. The fourth-order valence-electron chi connectivity index (χ4n) is 5.73. The molecule has 18 heavy (non-hydrogen) atoms. The Kier molecular flexibility index (Phi) is 2.68. The third-order valence-corrected chi connectivity index (χ3v) is 6.93. The van der Waals surface area contributed by atoms with E-state index in [9.17, 15) is 0 Å². The van der Waals surface area contributed by atoms with Crippen LogP contribution in [0.3, 0.4) is 0 Å². The van der Waals surface area contributed by atoms with Gasteiger partial charge in [0, 0.05) is 11.1 Å². The molecule has 2 unspecified atom stereocenters. The topological polar surface area (TPSA) is 15.3 Å². The Morgan fingerprint density at radius 3 is 2.06 bits per heavy atom. The average molecular weight is 250 g/mol. The van der Waals surface area contributed by atoms with Gasteiger partial charge in [0.05, 0.1) is 0 Å². The normalized spacial score (nSPS) is 47.0. The van der Waals surface area contributed by atoms with Gasteiger partial charge in [-0.05, 0) is 90.8 Å². The van der Waals surface area contributed by atoms with Crippen LogP contribution in [0.1, 0.15) is 52.4 Å². The van der Waals surface area contributed by atoms with Crippen LogP contribution in [0.5, 0.6) is 0 Å². The first-order valence-corrected chi connectivity index (χ1v) is 7.69. The quantitative estimate of drug-likeness (QED) is 0.828. The zero-order valence-electron chi connectivity index (χ0n) is 12.8. The van der Waals surface area contributed by atoms with E-state index in [1.54, 1.807) is 0 Å². The van der Waals surface area contributed by atoms with E-state index in [4.69, 9.17) is 0 Å². The van der Waals surface area contributed by atoms with Gasteiger partial charge in [0.15, 0.2) is 0 Å². The van der Waals surface area contributed by atoms with Crippen LogP contribution in [0.25, 0.3) is 0 Å². The lowest BCUT2D eigenvalue weighted by Crippen LogP contribution is -2.68. The molecule has 0 aromatic carbocycles. The molecule has 0 amide bonds. The Labute approximate surface area is 113 Å². The Balaban J connectivity index is 1.99. The van der Waals surface area contributed by atoms with Gasteiger partial charge in [0.25, 0.3) is 0 Å². The van der Waals surface area contributed by atoms with Crippen LogP contribution in [0.2, 0.25) is 0 Å². The van der Waals surface area contributed by atoms with E-state index in [1.165, 1.54) is 38.5 Å². The maximum absolute atomic E-state index is 3.64. The molecule has 104 valence electrons. The van der Waals surface area contributed by atoms with Crippen molar-refractivity contribution in [3.63, 3.8) is 0 Å². The van der Waals surface area contributed by atoms with Crippen molar-refractivity contribution in [2.24, 2.45) is 17.3 Å². The predicted octanol–water partition coefficient (Wildman–Crippen LogP) is 2.89. The molecule has 0 saturated heterocycles. The fourth-order valence-corrected chi connectivity index (χ4v) is 5.73. The number of nitrogens with one attached hydrogen (secondary N) is 1. The minimum atomic E-state index is 0.284. The molecule has 1 N–H and O–H groups in total. The Bertz CT molecular complexity index is 331. The highest BCUT2D eigenvalue weighted by Gasteiger charge is 2.62. The summed E-state index contributed by atoms with van der Waals surface area (Å²) in [5.74, 6) is 1.97. The van der Waals surface area contributed by atoms with Crippen LogP contribution in [-0.2, 0) is 0 Å². The maximum atomic E-state index is 3.64. The van der Waals surface area contributed by atoms with Crippen LogP contribution < -0.4 is 5.32 Å². The van der Waals surface area contributed by atoms with Crippen LogP contribution in [0, 0.1) is 17.3 Å². The molecule has 2 nitrogen and oxygen atoms in total. The molecule has 4 saturated carbocycles. The van der Waals surface area contributed by atoms with Gasteiger partial charge in [0.1, 0.15) is 0 Å². The van der Waals surface area contributed by atoms with Gasteiger partial charge in [-0.3, -0.25) is 0 Å². The summed E-state index contributed by atoms with van der Waals surface area (Å²) in [6.07, 6.45) is 8.76. The predicted molar refractivity (Wildman–Crippen MR) is 76.7 cm³/mol. The second kappa shape index (κ2) is 3.73. The largest absolute Gasteiger partial charge is 0.314 e. The lowest BCUT2D eigenvalue weighted by Gasteiger charge is -2.68. The van der Waals surface area contributed by atoms with Crippen molar-refractivity contribution in [3.8, 4) is 0 Å². The van der Waals surface area contributed by atoms with Crippen molar-refractivity contribution in [2.75, 3.05) is 21.1 Å². The number of nitrogens with zero attached hydrogens (tertiary/aromatic N) is 1. The van der Waals surface area contributed by atoms with Crippen molar-refractivity contribution in [3.05, 3.63) is 0 Å². The molecule has 0 radical (unpaired) electrons. The Morgan fingerprint density at radius 2 is 1.61 bits per heavy atom. The van der Waals surface area contributed by atoms with Gasteiger partial charge < -0.3 is 10.2 Å². The maximum Gasteiger partial charge on any atom is 0.0214 e. The van der Waals surface area contributed by atoms with E-state index in [-0.39, 0.29) is 5.54 Å².